The molecule has 2 heterocycles. The van der Waals surface area contributed by atoms with Gasteiger partial charge in [-0.05, 0) is 38.8 Å². The number of esters is 2. The fourth-order valence-corrected chi connectivity index (χ4v) is 4.07. The monoisotopic (exact) mass is 455 g/mol. The van der Waals surface area contributed by atoms with Crippen molar-refractivity contribution in [2.75, 3.05) is 18.5 Å². The van der Waals surface area contributed by atoms with E-state index in [9.17, 15) is 14.4 Å². The van der Waals surface area contributed by atoms with E-state index in [1.165, 1.54) is 0 Å². The maximum Gasteiger partial charge on any atom is 0.348 e. The summed E-state index contributed by atoms with van der Waals surface area (Å²) in [7, 11) is 0. The summed E-state index contributed by atoms with van der Waals surface area (Å²) in [6, 6.07) is 9.39. The number of hydrogen-bond donors (Lipinski definition) is 2. The molecule has 8 nitrogen and oxygen atoms in total. The molecule has 3 rings (SSSR count). The second-order valence-corrected chi connectivity index (χ2v) is 8.12. The Morgan fingerprint density at radius 1 is 1.06 bits per heavy atom. The molecule has 0 saturated carbocycles. The van der Waals surface area contributed by atoms with Crippen LogP contribution in [0.15, 0.2) is 30.3 Å². The average Bonchev–Trinajstić information content (AvgIpc) is 3.38. The number of aromatic amines is 1. The van der Waals surface area contributed by atoms with Crippen LogP contribution in [0.1, 0.15) is 61.9 Å². The molecule has 0 radical (unpaired) electrons. The summed E-state index contributed by atoms with van der Waals surface area (Å²) < 4.78 is 10.3. The van der Waals surface area contributed by atoms with Gasteiger partial charge in [-0.15, -0.1) is 11.3 Å². The number of nitrogens with one attached hydrogen (secondary N) is 2. The van der Waals surface area contributed by atoms with Gasteiger partial charge in [-0.1, -0.05) is 36.8 Å². The minimum Gasteiger partial charge on any atom is -0.462 e. The summed E-state index contributed by atoms with van der Waals surface area (Å²) in [6.45, 7) is 7.63. The van der Waals surface area contributed by atoms with Crippen LogP contribution in [0.5, 0.6) is 0 Å². The zero-order chi connectivity index (χ0) is 23.3. The minimum atomic E-state index is -0.601. The molecule has 0 bridgehead atoms. The van der Waals surface area contributed by atoms with E-state index in [4.69, 9.17) is 9.47 Å². The van der Waals surface area contributed by atoms with Gasteiger partial charge >= 0.3 is 11.9 Å². The fraction of sp³-hybridized carbons (Fsp3) is 0.304. The zero-order valence-electron chi connectivity index (χ0n) is 18.4. The third-order valence-electron chi connectivity index (χ3n) is 4.65. The van der Waals surface area contributed by atoms with E-state index in [0.717, 1.165) is 22.5 Å². The highest BCUT2D eigenvalue weighted by molar-refractivity contribution is 7.18. The van der Waals surface area contributed by atoms with Gasteiger partial charge in [0, 0.05) is 5.56 Å². The highest BCUT2D eigenvalue weighted by Crippen LogP contribution is 2.34. The Morgan fingerprint density at radius 2 is 1.78 bits per heavy atom. The lowest BCUT2D eigenvalue weighted by atomic mass is 10.1. The molecule has 0 unspecified atom stereocenters. The zero-order valence-corrected chi connectivity index (χ0v) is 19.2. The van der Waals surface area contributed by atoms with Gasteiger partial charge in [0.2, 0.25) is 0 Å². The smallest absolute Gasteiger partial charge is 0.348 e. The lowest BCUT2D eigenvalue weighted by Gasteiger charge is -2.07. The SMILES string of the molecule is CCCOC(=O)c1c(NC(=O)c2cc(-c3ccc(C)cc3)n[nH]2)sc(C(=O)OCC)c1C. The number of carbonyl (C=O) groups excluding carboxylic acids is 3. The normalized spacial score (nSPS) is 10.6. The lowest BCUT2D eigenvalue weighted by Crippen LogP contribution is -2.15. The highest BCUT2D eigenvalue weighted by atomic mass is 32.1. The molecule has 0 aliphatic carbocycles. The van der Waals surface area contributed by atoms with Gasteiger partial charge in [-0.2, -0.15) is 5.10 Å². The van der Waals surface area contributed by atoms with Crippen LogP contribution in [0.4, 0.5) is 5.00 Å². The second-order valence-electron chi connectivity index (χ2n) is 7.10. The fourth-order valence-electron chi connectivity index (χ4n) is 2.99. The molecule has 9 heteroatoms. The molecule has 0 saturated heterocycles. The maximum atomic E-state index is 12.9. The number of H-pyrrole nitrogens is 1. The predicted molar refractivity (Wildman–Crippen MR) is 122 cm³/mol. The molecule has 2 N–H and O–H groups in total. The van der Waals surface area contributed by atoms with Gasteiger partial charge in [0.1, 0.15) is 15.6 Å². The second kappa shape index (κ2) is 10.2. The van der Waals surface area contributed by atoms with Gasteiger partial charge in [0.15, 0.2) is 0 Å². The molecule has 168 valence electrons. The number of aromatic nitrogens is 2. The van der Waals surface area contributed by atoms with E-state index in [-0.39, 0.29) is 34.3 Å². The number of anilines is 1. The molecule has 1 aromatic carbocycles. The summed E-state index contributed by atoms with van der Waals surface area (Å²) in [6.07, 6.45) is 0.650. The number of benzene rings is 1. The van der Waals surface area contributed by atoms with Crippen LogP contribution in [0.2, 0.25) is 0 Å². The molecule has 2 aromatic heterocycles. The summed E-state index contributed by atoms with van der Waals surface area (Å²) in [5.74, 6) is -1.64. The molecule has 0 fully saturated rings. The summed E-state index contributed by atoms with van der Waals surface area (Å²) >= 11 is 0.982. The van der Waals surface area contributed by atoms with Gasteiger partial charge in [-0.25, -0.2) is 9.59 Å². The van der Waals surface area contributed by atoms with E-state index < -0.39 is 17.8 Å². The van der Waals surface area contributed by atoms with Crippen LogP contribution in [0.3, 0.4) is 0 Å². The average molecular weight is 456 g/mol. The Morgan fingerprint density at radius 3 is 2.44 bits per heavy atom. The standard InChI is InChI=1S/C23H25N3O5S/c1-5-11-31-22(28)18-14(4)19(23(29)30-6-2)32-21(18)24-20(27)17-12-16(25-26-17)15-9-7-13(3)8-10-15/h7-10,12H,5-6,11H2,1-4H3,(H,24,27)(H,25,26). The first-order chi connectivity index (χ1) is 15.3. The minimum absolute atomic E-state index is 0.151. The van der Waals surface area contributed by atoms with Crippen molar-refractivity contribution in [2.24, 2.45) is 0 Å². The number of rotatable bonds is 8. The molecular formula is C23H25N3O5S. The van der Waals surface area contributed by atoms with Crippen molar-refractivity contribution >= 4 is 34.2 Å². The topological polar surface area (TPSA) is 110 Å². The quantitative estimate of drug-likeness (QED) is 0.474. The Labute approximate surface area is 189 Å². The number of thiophene rings is 1. The van der Waals surface area contributed by atoms with E-state index >= 15 is 0 Å². The van der Waals surface area contributed by atoms with E-state index in [1.807, 2.05) is 38.1 Å². The third kappa shape index (κ3) is 5.05. The van der Waals surface area contributed by atoms with Crippen molar-refractivity contribution < 1.29 is 23.9 Å². The highest BCUT2D eigenvalue weighted by Gasteiger charge is 2.28. The predicted octanol–water partition coefficient (Wildman–Crippen LogP) is 4.75. The number of nitrogens with zero attached hydrogens (tertiary/aromatic N) is 1. The largest absolute Gasteiger partial charge is 0.462 e. The van der Waals surface area contributed by atoms with Crippen LogP contribution < -0.4 is 5.32 Å². The Hall–Kier alpha value is -3.46. The van der Waals surface area contributed by atoms with Gasteiger partial charge in [0.25, 0.3) is 5.91 Å². The van der Waals surface area contributed by atoms with Gasteiger partial charge in [-0.3, -0.25) is 9.89 Å². The number of carbonyl (C=O) groups is 3. The molecule has 1 amide bonds. The van der Waals surface area contributed by atoms with Crippen molar-refractivity contribution in [1.29, 1.82) is 0 Å². The number of ether oxygens (including phenoxy) is 2. The van der Waals surface area contributed by atoms with Crippen molar-refractivity contribution in [3.63, 3.8) is 0 Å². The van der Waals surface area contributed by atoms with Crippen LogP contribution in [-0.2, 0) is 9.47 Å². The lowest BCUT2D eigenvalue weighted by molar-refractivity contribution is 0.0506. The van der Waals surface area contributed by atoms with E-state index in [0.29, 0.717) is 17.7 Å². The third-order valence-corrected chi connectivity index (χ3v) is 5.83. The van der Waals surface area contributed by atoms with Crippen LogP contribution in [0, 0.1) is 13.8 Å². The van der Waals surface area contributed by atoms with E-state index in [1.54, 1.807) is 19.9 Å². The van der Waals surface area contributed by atoms with E-state index in [2.05, 4.69) is 15.5 Å². The maximum absolute atomic E-state index is 12.9. The number of amides is 1. The molecule has 3 aromatic rings. The van der Waals surface area contributed by atoms with Crippen molar-refractivity contribution in [3.8, 4) is 11.3 Å². The Balaban J connectivity index is 1.89. The first kappa shape index (κ1) is 23.2. The van der Waals surface area contributed by atoms with Crippen molar-refractivity contribution in [3.05, 3.63) is 57.6 Å². The molecule has 0 atom stereocenters. The number of aryl methyl sites for hydroxylation is 1. The first-order valence-corrected chi connectivity index (χ1v) is 11.1. The summed E-state index contributed by atoms with van der Waals surface area (Å²) in [5.41, 5.74) is 3.39. The Kier molecular flexibility index (Phi) is 7.42. The van der Waals surface area contributed by atoms with Crippen molar-refractivity contribution in [2.45, 2.75) is 34.1 Å². The van der Waals surface area contributed by atoms with Crippen molar-refractivity contribution in [1.82, 2.24) is 10.2 Å². The molecule has 0 spiro atoms. The van der Waals surface area contributed by atoms with Gasteiger partial charge in [0.05, 0.1) is 24.5 Å². The summed E-state index contributed by atoms with van der Waals surface area (Å²) in [4.78, 5) is 38.1. The molecule has 0 aliphatic heterocycles. The summed E-state index contributed by atoms with van der Waals surface area (Å²) in [5, 5.41) is 9.87. The molecular weight excluding hydrogens is 430 g/mol. The molecule has 0 aliphatic rings. The van der Waals surface area contributed by atoms with Crippen LogP contribution in [-0.4, -0.2) is 41.3 Å². The number of hydrogen-bond acceptors (Lipinski definition) is 7. The van der Waals surface area contributed by atoms with Crippen LogP contribution in [0.25, 0.3) is 11.3 Å². The molecule has 32 heavy (non-hydrogen) atoms. The van der Waals surface area contributed by atoms with Gasteiger partial charge < -0.3 is 14.8 Å². The Bertz CT molecular complexity index is 1130. The first-order valence-electron chi connectivity index (χ1n) is 10.3. The van der Waals surface area contributed by atoms with Crippen LogP contribution >= 0.6 is 11.3 Å².